The van der Waals surface area contributed by atoms with Gasteiger partial charge in [-0.15, -0.1) is 11.3 Å². The van der Waals surface area contributed by atoms with Gasteiger partial charge in [0.05, 0.1) is 30.3 Å². The normalized spacial score (nSPS) is 17.3. The van der Waals surface area contributed by atoms with E-state index in [1.807, 2.05) is 0 Å². The second-order valence-corrected chi connectivity index (χ2v) is 6.24. The number of nitrogens with two attached hydrogens (primary N) is 1. The molecule has 1 aliphatic rings. The van der Waals surface area contributed by atoms with Gasteiger partial charge in [0.1, 0.15) is 11.5 Å². The predicted molar refractivity (Wildman–Crippen MR) is 78.7 cm³/mol. The van der Waals surface area contributed by atoms with Crippen molar-refractivity contribution in [3.8, 4) is 0 Å². The van der Waals surface area contributed by atoms with Crippen LogP contribution in [0.2, 0.25) is 0 Å². The van der Waals surface area contributed by atoms with Crippen LogP contribution in [0.5, 0.6) is 0 Å². The number of furan rings is 1. The van der Waals surface area contributed by atoms with Crippen molar-refractivity contribution < 1.29 is 18.9 Å². The number of carbonyl (C=O) groups is 2. The lowest BCUT2D eigenvalue weighted by Crippen LogP contribution is -3.08. The second kappa shape index (κ2) is 5.34. The number of primary amides is 1. The van der Waals surface area contributed by atoms with Gasteiger partial charge in [-0.05, 0) is 17.7 Å². The molecule has 4 N–H and O–H groups in total. The minimum atomic E-state index is -0.498. The molecule has 21 heavy (non-hydrogen) atoms. The zero-order valence-electron chi connectivity index (χ0n) is 11.6. The van der Waals surface area contributed by atoms with Crippen molar-refractivity contribution in [1.29, 1.82) is 0 Å². The van der Waals surface area contributed by atoms with Crippen LogP contribution in [-0.2, 0) is 13.0 Å². The molecule has 1 atom stereocenters. The molecule has 0 saturated carbocycles. The third-order valence-corrected chi connectivity index (χ3v) is 4.72. The van der Waals surface area contributed by atoms with E-state index in [0.717, 1.165) is 30.0 Å². The minimum Gasteiger partial charge on any atom is -0.459 e. The molecule has 2 amide bonds. The Kier molecular flexibility index (Phi) is 3.52. The van der Waals surface area contributed by atoms with Crippen molar-refractivity contribution in [1.82, 2.24) is 0 Å². The smallest absolute Gasteiger partial charge is 0.291 e. The van der Waals surface area contributed by atoms with Gasteiger partial charge >= 0.3 is 0 Å². The molecule has 0 fully saturated rings. The Labute approximate surface area is 125 Å². The first-order valence-electron chi connectivity index (χ1n) is 6.66. The van der Waals surface area contributed by atoms with Crippen LogP contribution in [0, 0.1) is 0 Å². The summed E-state index contributed by atoms with van der Waals surface area (Å²) in [5, 5.41) is 3.26. The number of anilines is 1. The second-order valence-electron chi connectivity index (χ2n) is 5.14. The molecule has 1 aliphatic heterocycles. The molecule has 0 spiro atoms. The van der Waals surface area contributed by atoms with E-state index < -0.39 is 5.91 Å². The van der Waals surface area contributed by atoms with E-state index in [0.29, 0.717) is 10.6 Å². The lowest BCUT2D eigenvalue weighted by molar-refractivity contribution is -0.895. The van der Waals surface area contributed by atoms with Gasteiger partial charge < -0.3 is 20.4 Å². The average molecular weight is 306 g/mol. The van der Waals surface area contributed by atoms with Gasteiger partial charge in [-0.3, -0.25) is 9.59 Å². The molecule has 0 saturated heterocycles. The van der Waals surface area contributed by atoms with Crippen molar-refractivity contribution in [3.63, 3.8) is 0 Å². The van der Waals surface area contributed by atoms with Crippen LogP contribution >= 0.6 is 11.3 Å². The van der Waals surface area contributed by atoms with Crippen LogP contribution in [0.4, 0.5) is 5.00 Å². The first-order chi connectivity index (χ1) is 10.1. The standard InChI is InChI=1S/C14H15N3O3S/c1-17-5-4-8-10(7-17)21-14(11(8)12(15)18)16-13(19)9-3-2-6-20-9/h2-3,6H,4-5,7H2,1H3,(H2,15,18)(H,16,19)/p+1. The van der Waals surface area contributed by atoms with Gasteiger partial charge in [0.25, 0.3) is 11.8 Å². The zero-order chi connectivity index (χ0) is 15.0. The highest BCUT2D eigenvalue weighted by molar-refractivity contribution is 7.17. The summed E-state index contributed by atoms with van der Waals surface area (Å²) in [5.74, 6) is -0.664. The number of amides is 2. The molecule has 110 valence electrons. The van der Waals surface area contributed by atoms with E-state index in [9.17, 15) is 9.59 Å². The number of thiophene rings is 1. The number of carbonyl (C=O) groups excluding carboxylic acids is 2. The van der Waals surface area contributed by atoms with Crippen molar-refractivity contribution in [3.05, 3.63) is 40.2 Å². The van der Waals surface area contributed by atoms with E-state index in [1.54, 1.807) is 12.1 Å². The van der Waals surface area contributed by atoms with Crippen molar-refractivity contribution in [2.75, 3.05) is 18.9 Å². The van der Waals surface area contributed by atoms with E-state index in [-0.39, 0.29) is 11.7 Å². The van der Waals surface area contributed by atoms with Crippen molar-refractivity contribution in [2.45, 2.75) is 13.0 Å². The van der Waals surface area contributed by atoms with Crippen LogP contribution in [0.1, 0.15) is 31.4 Å². The molecule has 3 heterocycles. The summed E-state index contributed by atoms with van der Waals surface area (Å²) in [4.78, 5) is 26.3. The van der Waals surface area contributed by atoms with Crippen LogP contribution in [-0.4, -0.2) is 25.4 Å². The van der Waals surface area contributed by atoms with Crippen LogP contribution in [0.25, 0.3) is 0 Å². The molecule has 0 aliphatic carbocycles. The number of nitrogens with one attached hydrogen (secondary N) is 2. The molecule has 6 nitrogen and oxygen atoms in total. The van der Waals surface area contributed by atoms with Crippen molar-refractivity contribution in [2.24, 2.45) is 5.73 Å². The first kappa shape index (κ1) is 13.8. The summed E-state index contributed by atoms with van der Waals surface area (Å²) in [6.07, 6.45) is 2.23. The summed E-state index contributed by atoms with van der Waals surface area (Å²) in [5.41, 5.74) is 6.92. The predicted octanol–water partition coefficient (Wildman–Crippen LogP) is 0.263. The summed E-state index contributed by atoms with van der Waals surface area (Å²) >= 11 is 1.42. The van der Waals surface area contributed by atoms with Gasteiger partial charge in [0.2, 0.25) is 0 Å². The SMILES string of the molecule is C[NH+]1CCc2c(sc(NC(=O)c3ccco3)c2C(N)=O)C1. The lowest BCUT2D eigenvalue weighted by Gasteiger charge is -2.19. The molecule has 7 heteroatoms. The molecular weight excluding hydrogens is 290 g/mol. The van der Waals surface area contributed by atoms with Crippen LogP contribution in [0.3, 0.4) is 0 Å². The summed E-state index contributed by atoms with van der Waals surface area (Å²) in [7, 11) is 2.10. The maximum Gasteiger partial charge on any atom is 0.291 e. The molecule has 2 aromatic heterocycles. The molecule has 0 radical (unpaired) electrons. The van der Waals surface area contributed by atoms with Crippen molar-refractivity contribution >= 4 is 28.2 Å². The third-order valence-electron chi connectivity index (χ3n) is 3.57. The van der Waals surface area contributed by atoms with E-state index in [4.69, 9.17) is 10.2 Å². The molecule has 0 aromatic carbocycles. The molecule has 0 bridgehead atoms. The summed E-state index contributed by atoms with van der Waals surface area (Å²) in [6, 6.07) is 3.21. The Balaban J connectivity index is 1.95. The van der Waals surface area contributed by atoms with Gasteiger partial charge in [0.15, 0.2) is 5.76 Å². The molecule has 3 rings (SSSR count). The Bertz CT molecular complexity index is 691. The summed E-state index contributed by atoms with van der Waals surface area (Å²) in [6.45, 7) is 1.80. The monoisotopic (exact) mass is 306 g/mol. The maximum absolute atomic E-state index is 12.1. The summed E-state index contributed by atoms with van der Waals surface area (Å²) < 4.78 is 5.06. The minimum absolute atomic E-state index is 0.208. The Morgan fingerprint density at radius 1 is 1.48 bits per heavy atom. The van der Waals surface area contributed by atoms with E-state index >= 15 is 0 Å². The third kappa shape index (κ3) is 2.57. The quantitative estimate of drug-likeness (QED) is 0.760. The van der Waals surface area contributed by atoms with Crippen LogP contribution < -0.4 is 16.0 Å². The number of quaternary nitrogens is 1. The Hall–Kier alpha value is -2.12. The van der Waals surface area contributed by atoms with E-state index in [1.165, 1.54) is 22.5 Å². The Morgan fingerprint density at radius 2 is 2.29 bits per heavy atom. The highest BCUT2D eigenvalue weighted by Gasteiger charge is 2.28. The van der Waals surface area contributed by atoms with Crippen LogP contribution in [0.15, 0.2) is 22.8 Å². The highest BCUT2D eigenvalue weighted by Crippen LogP contribution is 2.34. The molecule has 2 aromatic rings. The number of likely N-dealkylation sites (N-methyl/N-ethyl adjacent to an activating group) is 1. The topological polar surface area (TPSA) is 89.8 Å². The van der Waals surface area contributed by atoms with Gasteiger partial charge in [-0.2, -0.15) is 0 Å². The maximum atomic E-state index is 12.1. The van der Waals surface area contributed by atoms with Gasteiger partial charge in [-0.25, -0.2) is 0 Å². The van der Waals surface area contributed by atoms with Gasteiger partial charge in [-0.1, -0.05) is 0 Å². The fourth-order valence-corrected chi connectivity index (χ4v) is 3.90. The van der Waals surface area contributed by atoms with Gasteiger partial charge in [0, 0.05) is 6.42 Å². The number of rotatable bonds is 3. The fourth-order valence-electron chi connectivity index (χ4n) is 2.54. The lowest BCUT2D eigenvalue weighted by atomic mass is 10.0. The average Bonchev–Trinajstić information content (AvgIpc) is 3.04. The molecule has 1 unspecified atom stereocenters. The van der Waals surface area contributed by atoms with E-state index in [2.05, 4.69) is 12.4 Å². The fraction of sp³-hybridized carbons (Fsp3) is 0.286. The zero-order valence-corrected chi connectivity index (χ0v) is 12.4. The Morgan fingerprint density at radius 3 is 2.95 bits per heavy atom. The largest absolute Gasteiger partial charge is 0.459 e. The number of hydrogen-bond acceptors (Lipinski definition) is 4. The number of hydrogen-bond donors (Lipinski definition) is 3. The first-order valence-corrected chi connectivity index (χ1v) is 7.48. The number of fused-ring (bicyclic) bond motifs is 1. The highest BCUT2D eigenvalue weighted by atomic mass is 32.1. The molecular formula is C14H16N3O3S+.